The molecule has 0 aliphatic heterocycles. The van der Waals surface area contributed by atoms with E-state index in [0.717, 1.165) is 16.6 Å². The zero-order valence-electron chi connectivity index (χ0n) is 12.0. The van der Waals surface area contributed by atoms with E-state index in [0.29, 0.717) is 12.4 Å². The number of fused-ring (bicyclic) bond motifs is 1. The molecule has 0 saturated heterocycles. The van der Waals surface area contributed by atoms with E-state index in [1.54, 1.807) is 19.1 Å². The van der Waals surface area contributed by atoms with E-state index in [-0.39, 0.29) is 5.69 Å². The Bertz CT molecular complexity index is 840. The zero-order chi connectivity index (χ0) is 15.7. The van der Waals surface area contributed by atoms with Gasteiger partial charge in [0.15, 0.2) is 0 Å². The predicted molar refractivity (Wildman–Crippen MR) is 82.6 cm³/mol. The zero-order valence-corrected chi connectivity index (χ0v) is 12.0. The number of benzene rings is 2. The molecule has 0 radical (unpaired) electrons. The first-order valence-electron chi connectivity index (χ1n) is 6.93. The summed E-state index contributed by atoms with van der Waals surface area (Å²) in [5.74, 6) is 0.549. The van der Waals surface area contributed by atoms with Crippen molar-refractivity contribution in [3.8, 4) is 0 Å². The molecule has 1 heterocycles. The minimum Gasteiger partial charge on any atom is -0.385 e. The van der Waals surface area contributed by atoms with Crippen LogP contribution in [0.1, 0.15) is 24.4 Å². The van der Waals surface area contributed by atoms with Gasteiger partial charge in [0.2, 0.25) is 0 Å². The second-order valence-electron chi connectivity index (χ2n) is 5.15. The fourth-order valence-electron chi connectivity index (χ4n) is 2.53. The number of aromatic nitrogens is 2. The molecule has 0 amide bonds. The van der Waals surface area contributed by atoms with E-state index < -0.39 is 11.0 Å². The number of non-ortho nitro benzene ring substituents is 1. The molecule has 1 N–H and O–H groups in total. The Morgan fingerprint density at radius 2 is 2.05 bits per heavy atom. The maximum atomic E-state index is 10.9. The molecule has 0 aliphatic rings. The molecule has 1 aromatic heterocycles. The van der Waals surface area contributed by atoms with Crippen LogP contribution in [0, 0.1) is 10.1 Å². The number of aliphatic hydroxyl groups excluding tert-OH is 1. The summed E-state index contributed by atoms with van der Waals surface area (Å²) in [5, 5.41) is 20.8. The average molecular weight is 297 g/mol. The highest BCUT2D eigenvalue weighted by molar-refractivity contribution is 5.76. The van der Waals surface area contributed by atoms with Gasteiger partial charge in [0.25, 0.3) is 5.69 Å². The summed E-state index contributed by atoms with van der Waals surface area (Å²) < 4.78 is 1.89. The highest BCUT2D eigenvalue weighted by atomic mass is 16.6. The topological polar surface area (TPSA) is 81.2 Å². The largest absolute Gasteiger partial charge is 0.385 e. The number of hydrogen-bond acceptors (Lipinski definition) is 4. The van der Waals surface area contributed by atoms with Crippen molar-refractivity contribution in [3.05, 3.63) is 70.0 Å². The fourth-order valence-corrected chi connectivity index (χ4v) is 2.53. The number of nitro benzene ring substituents is 1. The van der Waals surface area contributed by atoms with Crippen molar-refractivity contribution in [2.75, 3.05) is 0 Å². The Morgan fingerprint density at radius 3 is 2.77 bits per heavy atom. The number of nitrogens with zero attached hydrogens (tertiary/aromatic N) is 3. The molecule has 1 unspecified atom stereocenters. The Hall–Kier alpha value is -2.73. The molecule has 6 nitrogen and oxygen atoms in total. The minimum atomic E-state index is -0.717. The lowest BCUT2D eigenvalue weighted by atomic mass is 10.2. The molecule has 3 aromatic rings. The van der Waals surface area contributed by atoms with Crippen molar-refractivity contribution >= 4 is 16.7 Å². The van der Waals surface area contributed by atoms with E-state index in [2.05, 4.69) is 4.98 Å². The van der Waals surface area contributed by atoms with Crippen LogP contribution in [0.25, 0.3) is 11.0 Å². The monoisotopic (exact) mass is 297 g/mol. The lowest BCUT2D eigenvalue weighted by Gasteiger charge is -2.11. The fraction of sp³-hybridized carbons (Fsp3) is 0.188. The summed E-state index contributed by atoms with van der Waals surface area (Å²) in [6.07, 6.45) is -0.717. The third-order valence-electron chi connectivity index (χ3n) is 3.52. The molecule has 2 aromatic carbocycles. The van der Waals surface area contributed by atoms with Gasteiger partial charge >= 0.3 is 0 Å². The number of rotatable bonds is 4. The quantitative estimate of drug-likeness (QED) is 0.593. The Kier molecular flexibility index (Phi) is 3.60. The number of aliphatic hydroxyl groups is 1. The first kappa shape index (κ1) is 14.2. The lowest BCUT2D eigenvalue weighted by Crippen LogP contribution is -2.08. The van der Waals surface area contributed by atoms with E-state index in [1.165, 1.54) is 6.07 Å². The number of nitro groups is 1. The molecular formula is C16H15N3O3. The summed E-state index contributed by atoms with van der Waals surface area (Å²) >= 11 is 0. The number of hydrogen-bond donors (Lipinski definition) is 1. The first-order chi connectivity index (χ1) is 10.6. The molecular weight excluding hydrogens is 282 g/mol. The Labute approximate surface area is 126 Å². The third-order valence-corrected chi connectivity index (χ3v) is 3.52. The van der Waals surface area contributed by atoms with E-state index in [1.807, 2.05) is 34.9 Å². The van der Waals surface area contributed by atoms with Crippen LogP contribution in [0.15, 0.2) is 48.5 Å². The second kappa shape index (κ2) is 5.57. The molecule has 1 atom stereocenters. The molecule has 6 heteroatoms. The van der Waals surface area contributed by atoms with Gasteiger partial charge in [-0.3, -0.25) is 10.1 Å². The first-order valence-corrected chi connectivity index (χ1v) is 6.93. The second-order valence-corrected chi connectivity index (χ2v) is 5.15. The normalized spacial score (nSPS) is 12.5. The Balaban J connectivity index is 2.08. The van der Waals surface area contributed by atoms with Crippen molar-refractivity contribution in [3.63, 3.8) is 0 Å². The standard InChI is InChI=1S/C16H15N3O3/c1-11(20)16-17-14-7-2-3-8-15(14)18(16)10-12-5-4-6-13(9-12)19(21)22/h2-9,11,20H,10H2,1H3. The summed E-state index contributed by atoms with van der Waals surface area (Å²) in [6.45, 7) is 2.08. The van der Waals surface area contributed by atoms with Gasteiger partial charge in [-0.15, -0.1) is 0 Å². The van der Waals surface area contributed by atoms with Crippen LogP contribution in [-0.2, 0) is 6.54 Å². The van der Waals surface area contributed by atoms with Gasteiger partial charge in [-0.1, -0.05) is 24.3 Å². The Morgan fingerprint density at radius 1 is 1.27 bits per heavy atom. The van der Waals surface area contributed by atoms with Gasteiger partial charge in [-0.05, 0) is 24.6 Å². The van der Waals surface area contributed by atoms with Crippen LogP contribution in [0.5, 0.6) is 0 Å². The van der Waals surface area contributed by atoms with E-state index in [9.17, 15) is 15.2 Å². The molecule has 3 rings (SSSR count). The highest BCUT2D eigenvalue weighted by Crippen LogP contribution is 2.23. The van der Waals surface area contributed by atoms with Crippen LogP contribution >= 0.6 is 0 Å². The van der Waals surface area contributed by atoms with Gasteiger partial charge < -0.3 is 9.67 Å². The van der Waals surface area contributed by atoms with Crippen LogP contribution in [-0.4, -0.2) is 19.6 Å². The van der Waals surface area contributed by atoms with Crippen LogP contribution in [0.3, 0.4) is 0 Å². The summed E-state index contributed by atoms with van der Waals surface area (Å²) in [7, 11) is 0. The number of para-hydroxylation sites is 2. The number of imidazole rings is 1. The molecule has 0 bridgehead atoms. The SMILES string of the molecule is CC(O)c1nc2ccccc2n1Cc1cccc([N+](=O)[O-])c1. The van der Waals surface area contributed by atoms with E-state index in [4.69, 9.17) is 0 Å². The maximum absolute atomic E-state index is 10.9. The van der Waals surface area contributed by atoms with Crippen molar-refractivity contribution in [1.29, 1.82) is 0 Å². The predicted octanol–water partition coefficient (Wildman–Crippen LogP) is 3.05. The van der Waals surface area contributed by atoms with Crippen molar-refractivity contribution < 1.29 is 10.0 Å². The van der Waals surface area contributed by atoms with Gasteiger partial charge in [0.05, 0.1) is 16.0 Å². The summed E-state index contributed by atoms with van der Waals surface area (Å²) in [4.78, 5) is 14.9. The molecule has 0 fully saturated rings. The molecule has 0 aliphatic carbocycles. The lowest BCUT2D eigenvalue weighted by molar-refractivity contribution is -0.384. The highest BCUT2D eigenvalue weighted by Gasteiger charge is 2.15. The molecule has 22 heavy (non-hydrogen) atoms. The van der Waals surface area contributed by atoms with Crippen LogP contribution in [0.2, 0.25) is 0 Å². The molecule has 0 saturated carbocycles. The van der Waals surface area contributed by atoms with Crippen molar-refractivity contribution in [2.24, 2.45) is 0 Å². The van der Waals surface area contributed by atoms with E-state index >= 15 is 0 Å². The molecule has 0 spiro atoms. The van der Waals surface area contributed by atoms with Crippen LogP contribution in [0.4, 0.5) is 5.69 Å². The van der Waals surface area contributed by atoms with Crippen molar-refractivity contribution in [2.45, 2.75) is 19.6 Å². The van der Waals surface area contributed by atoms with Gasteiger partial charge in [0, 0.05) is 18.7 Å². The van der Waals surface area contributed by atoms with Gasteiger partial charge in [-0.2, -0.15) is 0 Å². The summed E-state index contributed by atoms with van der Waals surface area (Å²) in [5.41, 5.74) is 2.54. The minimum absolute atomic E-state index is 0.0560. The average Bonchev–Trinajstić information content (AvgIpc) is 2.87. The van der Waals surface area contributed by atoms with Gasteiger partial charge in [0.1, 0.15) is 11.9 Å². The van der Waals surface area contributed by atoms with Crippen LogP contribution < -0.4 is 0 Å². The maximum Gasteiger partial charge on any atom is 0.269 e. The molecule has 112 valence electrons. The van der Waals surface area contributed by atoms with Crippen molar-refractivity contribution in [1.82, 2.24) is 9.55 Å². The third kappa shape index (κ3) is 2.56. The summed E-state index contributed by atoms with van der Waals surface area (Å²) in [6, 6.07) is 14.1. The smallest absolute Gasteiger partial charge is 0.269 e. The van der Waals surface area contributed by atoms with Gasteiger partial charge in [-0.25, -0.2) is 4.98 Å².